The van der Waals surface area contributed by atoms with Crippen LogP contribution in [0.3, 0.4) is 0 Å². The van der Waals surface area contributed by atoms with E-state index in [0.29, 0.717) is 12.8 Å². The maximum Gasteiger partial charge on any atom is 0.306 e. The molecule has 0 rings (SSSR count). The van der Waals surface area contributed by atoms with Crippen LogP contribution in [0.25, 0.3) is 0 Å². The van der Waals surface area contributed by atoms with Crippen LogP contribution < -0.4 is 0 Å². The fourth-order valence-corrected chi connectivity index (χ4v) is 6.26. The number of rotatable bonds is 43. The largest absolute Gasteiger partial charge is 0.462 e. The lowest BCUT2D eigenvalue weighted by atomic mass is 10.1. The first kappa shape index (κ1) is 59.6. The molecule has 0 aliphatic carbocycles. The van der Waals surface area contributed by atoms with Gasteiger partial charge in [-0.1, -0.05) is 206 Å². The molecule has 0 spiro atoms. The molecular weight excluding hydrogens is 793 g/mol. The van der Waals surface area contributed by atoms with Crippen LogP contribution >= 0.6 is 0 Å². The number of allylic oxidation sites excluding steroid dienone is 22. The van der Waals surface area contributed by atoms with Crippen LogP contribution in [0.15, 0.2) is 134 Å². The summed E-state index contributed by atoms with van der Waals surface area (Å²) in [4.78, 5) is 37.9. The zero-order valence-corrected chi connectivity index (χ0v) is 40.7. The van der Waals surface area contributed by atoms with Crippen molar-refractivity contribution in [2.75, 3.05) is 13.2 Å². The van der Waals surface area contributed by atoms with E-state index in [1.54, 1.807) is 0 Å². The standard InChI is InChI=1S/C58H90O6/c1-4-7-10-13-16-19-22-25-27-28-29-30-31-34-36-39-42-45-48-51-57(60)63-54-55(53-62-56(59)50-47-44-41-38-35-32-24-21-18-15-12-9-6-3)64-58(61)52-49-46-43-40-37-33-26-23-20-17-14-11-8-5-2/h7,9-10,12,15-16,18-19,21,24-25,27,29-30,32-38,41,55H,4-6,8,11,13-14,17,20,22-23,26,28,31,39-40,42-54H2,1-3H3/b10-7-,12-9-,18-15-,19-16-,24-21-,27-25-,30-29-,35-32-,36-34-,37-33-,41-38-. The summed E-state index contributed by atoms with van der Waals surface area (Å²) < 4.78 is 16.7. The zero-order valence-electron chi connectivity index (χ0n) is 40.7. The van der Waals surface area contributed by atoms with Gasteiger partial charge in [0.2, 0.25) is 0 Å². The van der Waals surface area contributed by atoms with Gasteiger partial charge in [-0.15, -0.1) is 0 Å². The minimum absolute atomic E-state index is 0.129. The molecule has 6 nitrogen and oxygen atoms in total. The molecule has 6 heteroatoms. The van der Waals surface area contributed by atoms with Crippen molar-refractivity contribution in [3.8, 4) is 0 Å². The third-order valence-corrected chi connectivity index (χ3v) is 10.00. The van der Waals surface area contributed by atoms with Crippen LogP contribution in [-0.2, 0) is 28.6 Å². The van der Waals surface area contributed by atoms with Gasteiger partial charge in [-0.3, -0.25) is 14.4 Å². The van der Waals surface area contributed by atoms with Gasteiger partial charge in [0.15, 0.2) is 6.10 Å². The smallest absolute Gasteiger partial charge is 0.306 e. The Bertz CT molecular complexity index is 1430. The highest BCUT2D eigenvalue weighted by molar-refractivity contribution is 5.71. The molecule has 0 aliphatic rings. The second-order valence-corrected chi connectivity index (χ2v) is 16.1. The molecule has 0 aliphatic heterocycles. The first-order valence-electron chi connectivity index (χ1n) is 25.3. The van der Waals surface area contributed by atoms with Crippen molar-refractivity contribution in [1.29, 1.82) is 0 Å². The van der Waals surface area contributed by atoms with E-state index in [4.69, 9.17) is 14.2 Å². The zero-order chi connectivity index (χ0) is 46.5. The highest BCUT2D eigenvalue weighted by Crippen LogP contribution is 2.12. The molecule has 0 aromatic rings. The summed E-state index contributed by atoms with van der Waals surface area (Å²) in [5.41, 5.74) is 0. The number of ether oxygens (including phenoxy) is 3. The molecule has 0 heterocycles. The minimum atomic E-state index is -0.832. The van der Waals surface area contributed by atoms with Crippen molar-refractivity contribution in [3.63, 3.8) is 0 Å². The highest BCUT2D eigenvalue weighted by Gasteiger charge is 2.19. The van der Waals surface area contributed by atoms with E-state index in [1.165, 1.54) is 44.9 Å². The lowest BCUT2D eigenvalue weighted by Crippen LogP contribution is -2.30. The van der Waals surface area contributed by atoms with E-state index in [-0.39, 0.29) is 44.0 Å². The van der Waals surface area contributed by atoms with E-state index in [2.05, 4.69) is 99.8 Å². The van der Waals surface area contributed by atoms with Crippen molar-refractivity contribution in [2.45, 2.75) is 200 Å². The molecule has 1 unspecified atom stereocenters. The monoisotopic (exact) mass is 883 g/mol. The van der Waals surface area contributed by atoms with Crippen molar-refractivity contribution in [2.24, 2.45) is 0 Å². The molecule has 0 fully saturated rings. The number of carbonyl (C=O) groups is 3. The Hall–Kier alpha value is -4.45. The molecule has 0 saturated carbocycles. The van der Waals surface area contributed by atoms with Crippen LogP contribution in [0, 0.1) is 0 Å². The van der Waals surface area contributed by atoms with Crippen molar-refractivity contribution >= 4 is 17.9 Å². The van der Waals surface area contributed by atoms with Gasteiger partial charge in [0, 0.05) is 19.3 Å². The predicted molar refractivity (Wildman–Crippen MR) is 274 cm³/mol. The van der Waals surface area contributed by atoms with Crippen LogP contribution in [-0.4, -0.2) is 37.2 Å². The third kappa shape index (κ3) is 48.6. The average molecular weight is 883 g/mol. The second-order valence-electron chi connectivity index (χ2n) is 16.1. The van der Waals surface area contributed by atoms with Crippen LogP contribution in [0.5, 0.6) is 0 Å². The average Bonchev–Trinajstić information content (AvgIpc) is 3.29. The molecule has 0 radical (unpaired) electrons. The molecule has 0 bridgehead atoms. The lowest BCUT2D eigenvalue weighted by molar-refractivity contribution is -0.167. The Balaban J connectivity index is 4.57. The van der Waals surface area contributed by atoms with E-state index in [9.17, 15) is 14.4 Å². The summed E-state index contributed by atoms with van der Waals surface area (Å²) in [5, 5.41) is 0. The second kappa shape index (κ2) is 51.2. The molecule has 1 atom stereocenters. The van der Waals surface area contributed by atoms with E-state index < -0.39 is 6.10 Å². The topological polar surface area (TPSA) is 78.9 Å². The fourth-order valence-electron chi connectivity index (χ4n) is 6.26. The molecule has 358 valence electrons. The van der Waals surface area contributed by atoms with Gasteiger partial charge in [0.1, 0.15) is 13.2 Å². The molecule has 64 heavy (non-hydrogen) atoms. The van der Waals surface area contributed by atoms with Crippen molar-refractivity contribution in [3.05, 3.63) is 134 Å². The van der Waals surface area contributed by atoms with Crippen molar-refractivity contribution in [1.82, 2.24) is 0 Å². The Morgan fingerprint density at radius 1 is 0.344 bits per heavy atom. The minimum Gasteiger partial charge on any atom is -0.462 e. The van der Waals surface area contributed by atoms with Gasteiger partial charge in [-0.2, -0.15) is 0 Å². The predicted octanol–water partition coefficient (Wildman–Crippen LogP) is 16.7. The molecule has 0 aromatic heterocycles. The Morgan fingerprint density at radius 3 is 1.20 bits per heavy atom. The van der Waals surface area contributed by atoms with E-state index in [1.807, 2.05) is 54.7 Å². The molecule has 0 saturated heterocycles. The fraction of sp³-hybridized carbons (Fsp3) is 0.569. The van der Waals surface area contributed by atoms with E-state index in [0.717, 1.165) is 103 Å². The SMILES string of the molecule is CC\C=C/C=C\C=C/C=C\C=C/CCCC(=O)OCC(COC(=O)CCCCC/C=C\C/C=C\C/C=C\C/C=C\C/C=C\CC)OC(=O)CCCCC/C=C\CCCCCCCCC. The maximum absolute atomic E-state index is 12.8. The van der Waals surface area contributed by atoms with Crippen LogP contribution in [0.4, 0.5) is 0 Å². The van der Waals surface area contributed by atoms with E-state index >= 15 is 0 Å². The summed E-state index contributed by atoms with van der Waals surface area (Å²) in [7, 11) is 0. The number of hydrogen-bond donors (Lipinski definition) is 0. The van der Waals surface area contributed by atoms with Crippen LogP contribution in [0.2, 0.25) is 0 Å². The number of hydrogen-bond acceptors (Lipinski definition) is 6. The number of esters is 3. The van der Waals surface area contributed by atoms with Gasteiger partial charge < -0.3 is 14.2 Å². The Morgan fingerprint density at radius 2 is 0.703 bits per heavy atom. The van der Waals surface area contributed by atoms with Gasteiger partial charge in [0.25, 0.3) is 0 Å². The Kier molecular flexibility index (Phi) is 47.6. The van der Waals surface area contributed by atoms with Gasteiger partial charge >= 0.3 is 17.9 Å². The third-order valence-electron chi connectivity index (χ3n) is 10.00. The number of unbranched alkanes of at least 4 members (excludes halogenated alkanes) is 14. The first-order valence-corrected chi connectivity index (χ1v) is 25.3. The van der Waals surface area contributed by atoms with Gasteiger partial charge in [-0.05, 0) is 103 Å². The quantitative estimate of drug-likeness (QED) is 0.0200. The summed E-state index contributed by atoms with van der Waals surface area (Å²) in [5.74, 6) is -1.06. The summed E-state index contributed by atoms with van der Waals surface area (Å²) >= 11 is 0. The highest BCUT2D eigenvalue weighted by atomic mass is 16.6. The summed E-state index contributed by atoms with van der Waals surface area (Å²) in [6, 6.07) is 0. The lowest BCUT2D eigenvalue weighted by Gasteiger charge is -2.18. The van der Waals surface area contributed by atoms with Crippen LogP contribution in [0.1, 0.15) is 194 Å². The summed E-state index contributed by atoms with van der Waals surface area (Å²) in [6.07, 6.45) is 71.6. The summed E-state index contributed by atoms with van der Waals surface area (Å²) in [6.45, 7) is 6.24. The Labute approximate surface area is 392 Å². The first-order chi connectivity index (χ1) is 31.5. The molecular formula is C58H90O6. The van der Waals surface area contributed by atoms with Gasteiger partial charge in [-0.25, -0.2) is 0 Å². The molecule has 0 N–H and O–H groups in total. The molecule has 0 aromatic carbocycles. The van der Waals surface area contributed by atoms with Gasteiger partial charge in [0.05, 0.1) is 0 Å². The molecule has 0 amide bonds. The number of carbonyl (C=O) groups excluding carboxylic acids is 3. The van der Waals surface area contributed by atoms with Crippen molar-refractivity contribution < 1.29 is 28.6 Å². The normalized spacial score (nSPS) is 13.2. The maximum atomic E-state index is 12.8.